The molecule has 6 heteroatoms. The summed E-state index contributed by atoms with van der Waals surface area (Å²) in [6, 6.07) is 14.1. The fourth-order valence-corrected chi connectivity index (χ4v) is 3.81. The highest BCUT2D eigenvalue weighted by Crippen LogP contribution is 2.33. The van der Waals surface area contributed by atoms with Crippen LogP contribution in [-0.4, -0.2) is 33.4 Å². The van der Waals surface area contributed by atoms with Gasteiger partial charge in [-0.05, 0) is 30.3 Å². The van der Waals surface area contributed by atoms with Gasteiger partial charge in [-0.15, -0.1) is 11.3 Å². The zero-order valence-corrected chi connectivity index (χ0v) is 16.9. The van der Waals surface area contributed by atoms with Crippen LogP contribution in [0.5, 0.6) is 17.2 Å². The zero-order valence-electron chi connectivity index (χ0n) is 16.1. The quantitative estimate of drug-likeness (QED) is 0.647. The van der Waals surface area contributed by atoms with E-state index in [1.807, 2.05) is 30.3 Å². The summed E-state index contributed by atoms with van der Waals surface area (Å²) in [6.07, 6.45) is 0. The van der Waals surface area contributed by atoms with Crippen molar-refractivity contribution in [3.63, 3.8) is 0 Å². The maximum Gasteiger partial charge on any atom is 0.161 e. The Hall–Kier alpha value is -2.57. The van der Waals surface area contributed by atoms with Gasteiger partial charge in [0.1, 0.15) is 29.5 Å². The molecule has 0 spiro atoms. The largest absolute Gasteiger partial charge is 0.497 e. The number of ether oxygens (including phenoxy) is 3. The molecule has 3 rings (SSSR count). The molecule has 1 atom stereocenters. The van der Waals surface area contributed by atoms with Crippen LogP contribution in [0.2, 0.25) is 0 Å². The number of benzene rings is 2. The van der Waals surface area contributed by atoms with E-state index in [1.165, 1.54) is 10.5 Å². The van der Waals surface area contributed by atoms with Crippen molar-refractivity contribution < 1.29 is 19.1 Å². The van der Waals surface area contributed by atoms with E-state index in [9.17, 15) is 0 Å². The lowest BCUT2D eigenvalue weighted by molar-refractivity contribution is -0.908. The molecule has 1 unspecified atom stereocenters. The Morgan fingerprint density at radius 2 is 1.74 bits per heavy atom. The summed E-state index contributed by atoms with van der Waals surface area (Å²) in [5, 5.41) is 3.11. The standard InChI is InChI=1S/C21H24N2O3S/c1-23(12-15-6-5-7-18(10-15)24-2)13-17-14-27-21(22-17)16-8-9-19(25-3)20(11-16)26-4/h5-11,14H,12-13H2,1-4H3/p+1. The third kappa shape index (κ3) is 4.78. The van der Waals surface area contributed by atoms with Gasteiger partial charge in [-0.25, -0.2) is 4.98 Å². The van der Waals surface area contributed by atoms with Crippen molar-refractivity contribution in [2.75, 3.05) is 28.4 Å². The van der Waals surface area contributed by atoms with Gasteiger partial charge in [-0.2, -0.15) is 0 Å². The maximum absolute atomic E-state index is 5.39. The fourth-order valence-electron chi connectivity index (χ4n) is 2.99. The molecule has 142 valence electrons. The molecule has 0 aliphatic heterocycles. The number of aromatic nitrogens is 1. The second-order valence-electron chi connectivity index (χ2n) is 6.38. The van der Waals surface area contributed by atoms with Crippen molar-refractivity contribution >= 4 is 11.3 Å². The van der Waals surface area contributed by atoms with Gasteiger partial charge in [0.25, 0.3) is 0 Å². The predicted molar refractivity (Wildman–Crippen MR) is 108 cm³/mol. The first-order valence-corrected chi connectivity index (χ1v) is 9.62. The first-order valence-electron chi connectivity index (χ1n) is 8.74. The van der Waals surface area contributed by atoms with Crippen molar-refractivity contribution in [2.45, 2.75) is 13.1 Å². The highest BCUT2D eigenvalue weighted by atomic mass is 32.1. The van der Waals surface area contributed by atoms with Gasteiger partial charge in [0.15, 0.2) is 11.5 Å². The molecule has 27 heavy (non-hydrogen) atoms. The smallest absolute Gasteiger partial charge is 0.161 e. The Morgan fingerprint density at radius 3 is 2.48 bits per heavy atom. The summed E-state index contributed by atoms with van der Waals surface area (Å²) in [4.78, 5) is 6.17. The fraction of sp³-hybridized carbons (Fsp3) is 0.286. The zero-order chi connectivity index (χ0) is 19.2. The van der Waals surface area contributed by atoms with Crippen molar-refractivity contribution in [1.82, 2.24) is 4.98 Å². The molecule has 0 radical (unpaired) electrons. The van der Waals surface area contributed by atoms with Crippen LogP contribution in [0.25, 0.3) is 10.6 Å². The monoisotopic (exact) mass is 385 g/mol. The van der Waals surface area contributed by atoms with Crippen molar-refractivity contribution in [3.05, 3.63) is 59.1 Å². The summed E-state index contributed by atoms with van der Waals surface area (Å²) in [5.74, 6) is 2.33. The van der Waals surface area contributed by atoms with E-state index in [4.69, 9.17) is 19.2 Å². The average molecular weight is 386 g/mol. The second kappa shape index (κ2) is 8.88. The summed E-state index contributed by atoms with van der Waals surface area (Å²) in [6.45, 7) is 1.78. The predicted octanol–water partition coefficient (Wildman–Crippen LogP) is 3.05. The van der Waals surface area contributed by atoms with Crippen LogP contribution in [0.1, 0.15) is 11.3 Å². The maximum atomic E-state index is 5.39. The SMILES string of the molecule is COc1cccc(C[NH+](C)Cc2csc(-c3ccc(OC)c(OC)c3)n2)c1. The van der Waals surface area contributed by atoms with Crippen LogP contribution in [0.4, 0.5) is 0 Å². The molecule has 2 aromatic carbocycles. The van der Waals surface area contributed by atoms with Gasteiger partial charge in [0.05, 0.1) is 28.4 Å². The van der Waals surface area contributed by atoms with Crippen LogP contribution in [0, 0.1) is 0 Å². The summed E-state index contributed by atoms with van der Waals surface area (Å²) >= 11 is 1.65. The van der Waals surface area contributed by atoms with Gasteiger partial charge in [0, 0.05) is 16.5 Å². The molecule has 3 aromatic rings. The number of quaternary nitrogens is 1. The summed E-state index contributed by atoms with van der Waals surface area (Å²) < 4.78 is 16.0. The first-order chi connectivity index (χ1) is 13.1. The molecule has 0 saturated carbocycles. The number of nitrogens with one attached hydrogen (secondary N) is 1. The molecule has 1 heterocycles. The van der Waals surface area contributed by atoms with Crippen LogP contribution in [-0.2, 0) is 13.1 Å². The number of rotatable bonds is 8. The molecule has 0 amide bonds. The van der Waals surface area contributed by atoms with E-state index >= 15 is 0 Å². The van der Waals surface area contributed by atoms with E-state index in [0.717, 1.165) is 40.9 Å². The summed E-state index contributed by atoms with van der Waals surface area (Å²) in [7, 11) is 7.15. The lowest BCUT2D eigenvalue weighted by Crippen LogP contribution is -3.06. The normalized spacial score (nSPS) is 11.9. The molecule has 0 bridgehead atoms. The van der Waals surface area contributed by atoms with Crippen LogP contribution in [0.3, 0.4) is 0 Å². The number of thiazole rings is 1. The molecule has 0 aliphatic carbocycles. The second-order valence-corrected chi connectivity index (χ2v) is 7.23. The van der Waals surface area contributed by atoms with E-state index in [0.29, 0.717) is 5.75 Å². The highest BCUT2D eigenvalue weighted by Gasteiger charge is 2.12. The lowest BCUT2D eigenvalue weighted by atomic mass is 10.2. The first kappa shape index (κ1) is 19.2. The molecule has 0 fully saturated rings. The number of hydrogen-bond acceptors (Lipinski definition) is 5. The molecule has 1 aromatic heterocycles. The van der Waals surface area contributed by atoms with Crippen LogP contribution < -0.4 is 19.1 Å². The van der Waals surface area contributed by atoms with E-state index in [1.54, 1.807) is 32.7 Å². The highest BCUT2D eigenvalue weighted by molar-refractivity contribution is 7.13. The minimum Gasteiger partial charge on any atom is -0.497 e. The molecular weight excluding hydrogens is 360 g/mol. The third-order valence-electron chi connectivity index (χ3n) is 4.31. The van der Waals surface area contributed by atoms with Crippen LogP contribution >= 0.6 is 11.3 Å². The van der Waals surface area contributed by atoms with Crippen molar-refractivity contribution in [3.8, 4) is 27.8 Å². The molecule has 5 nitrogen and oxygen atoms in total. The average Bonchev–Trinajstić information content (AvgIpc) is 3.15. The molecular formula is C21H25N2O3S+. The van der Waals surface area contributed by atoms with Gasteiger partial charge in [0.2, 0.25) is 0 Å². The Kier molecular flexibility index (Phi) is 6.32. The van der Waals surface area contributed by atoms with Gasteiger partial charge >= 0.3 is 0 Å². The minimum absolute atomic E-state index is 0.715. The molecule has 0 aliphatic rings. The lowest BCUT2D eigenvalue weighted by Gasteiger charge is -2.13. The van der Waals surface area contributed by atoms with Crippen molar-refractivity contribution in [2.24, 2.45) is 0 Å². The minimum atomic E-state index is 0.715. The Balaban J connectivity index is 1.68. The molecule has 0 saturated heterocycles. The Labute approximate surface area is 164 Å². The number of hydrogen-bond donors (Lipinski definition) is 1. The Bertz CT molecular complexity index is 895. The molecule has 1 N–H and O–H groups in total. The van der Waals surface area contributed by atoms with Gasteiger partial charge in [-0.1, -0.05) is 12.1 Å². The van der Waals surface area contributed by atoms with Gasteiger partial charge < -0.3 is 19.1 Å². The van der Waals surface area contributed by atoms with Crippen molar-refractivity contribution in [1.29, 1.82) is 0 Å². The van der Waals surface area contributed by atoms with E-state index in [2.05, 4.69) is 24.6 Å². The third-order valence-corrected chi connectivity index (χ3v) is 5.25. The Morgan fingerprint density at radius 1 is 0.926 bits per heavy atom. The van der Waals surface area contributed by atoms with E-state index < -0.39 is 0 Å². The van der Waals surface area contributed by atoms with Crippen LogP contribution in [0.15, 0.2) is 47.8 Å². The van der Waals surface area contributed by atoms with Gasteiger partial charge in [-0.3, -0.25) is 0 Å². The van der Waals surface area contributed by atoms with E-state index in [-0.39, 0.29) is 0 Å². The number of methoxy groups -OCH3 is 3. The summed E-state index contributed by atoms with van der Waals surface area (Å²) in [5.41, 5.74) is 3.38. The number of nitrogens with zero attached hydrogens (tertiary/aromatic N) is 1. The topological polar surface area (TPSA) is 45.0 Å².